The second kappa shape index (κ2) is 4.84. The molecule has 0 aliphatic carbocycles. The molecule has 1 heterocycles. The lowest BCUT2D eigenvalue weighted by atomic mass is 9.99. The summed E-state index contributed by atoms with van der Waals surface area (Å²) < 4.78 is 5.25. The number of hydrogen-bond acceptors (Lipinski definition) is 3. The Labute approximate surface area is 92.0 Å². The van der Waals surface area contributed by atoms with Crippen molar-refractivity contribution < 1.29 is 9.53 Å². The molecule has 1 atom stereocenters. The van der Waals surface area contributed by atoms with Crippen LogP contribution in [-0.2, 0) is 4.74 Å². The predicted molar refractivity (Wildman–Crippen MR) is 59.8 cm³/mol. The minimum atomic E-state index is -0.182. The van der Waals surface area contributed by atoms with Crippen molar-refractivity contribution in [1.82, 2.24) is 10.2 Å². The Morgan fingerprint density at radius 3 is 2.73 bits per heavy atom. The molecule has 1 aliphatic rings. The molecule has 1 fully saturated rings. The fourth-order valence-electron chi connectivity index (χ4n) is 1.47. The fourth-order valence-corrected chi connectivity index (χ4v) is 1.47. The van der Waals surface area contributed by atoms with Crippen LogP contribution in [0.15, 0.2) is 0 Å². The topological polar surface area (TPSA) is 41.6 Å². The van der Waals surface area contributed by atoms with Crippen LogP contribution in [-0.4, -0.2) is 43.3 Å². The first-order valence-electron chi connectivity index (χ1n) is 5.53. The third-order valence-corrected chi connectivity index (χ3v) is 2.26. The Morgan fingerprint density at radius 1 is 1.53 bits per heavy atom. The molecule has 0 radical (unpaired) electrons. The smallest absolute Gasteiger partial charge is 0.409 e. The Kier molecular flexibility index (Phi) is 3.97. The number of nitrogens with one attached hydrogen (secondary N) is 1. The van der Waals surface area contributed by atoms with Gasteiger partial charge in [0.05, 0.1) is 6.61 Å². The lowest BCUT2D eigenvalue weighted by Gasteiger charge is -2.32. The van der Waals surface area contributed by atoms with Crippen molar-refractivity contribution >= 4 is 6.09 Å². The van der Waals surface area contributed by atoms with Crippen LogP contribution in [0.4, 0.5) is 4.79 Å². The average Bonchev–Trinajstić information content (AvgIpc) is 2.13. The van der Waals surface area contributed by atoms with Crippen molar-refractivity contribution in [2.75, 3.05) is 26.2 Å². The van der Waals surface area contributed by atoms with Crippen LogP contribution in [0.1, 0.15) is 27.7 Å². The van der Waals surface area contributed by atoms with E-state index >= 15 is 0 Å². The monoisotopic (exact) mass is 214 g/mol. The van der Waals surface area contributed by atoms with Crippen LogP contribution >= 0.6 is 0 Å². The first-order valence-corrected chi connectivity index (χ1v) is 5.53. The largest absolute Gasteiger partial charge is 0.449 e. The van der Waals surface area contributed by atoms with E-state index in [0.717, 1.165) is 19.6 Å². The molecular formula is C11H22N2O2. The summed E-state index contributed by atoms with van der Waals surface area (Å²) in [6.07, 6.45) is -0.182. The Balaban J connectivity index is 2.33. The van der Waals surface area contributed by atoms with E-state index in [1.165, 1.54) is 0 Å². The zero-order valence-corrected chi connectivity index (χ0v) is 10.2. The van der Waals surface area contributed by atoms with E-state index in [4.69, 9.17) is 4.74 Å². The fraction of sp³-hybridized carbons (Fsp3) is 0.909. The Hall–Kier alpha value is -0.770. The number of amides is 1. The van der Waals surface area contributed by atoms with E-state index in [9.17, 15) is 4.79 Å². The van der Waals surface area contributed by atoms with Crippen molar-refractivity contribution in [2.24, 2.45) is 5.41 Å². The summed E-state index contributed by atoms with van der Waals surface area (Å²) in [6.45, 7) is 11.1. The maximum Gasteiger partial charge on any atom is 0.409 e. The minimum absolute atomic E-state index is 0.0370. The highest BCUT2D eigenvalue weighted by Gasteiger charge is 2.23. The standard InChI is InChI=1S/C11H22N2O2/c1-9-7-13(6-5-12-9)10(14)15-8-11(2,3)4/h9,12H,5-8H2,1-4H3. The van der Waals surface area contributed by atoms with Crippen molar-refractivity contribution in [3.05, 3.63) is 0 Å². The molecule has 0 aromatic rings. The van der Waals surface area contributed by atoms with Crippen LogP contribution in [0, 0.1) is 5.41 Å². The van der Waals surface area contributed by atoms with E-state index in [1.54, 1.807) is 4.90 Å². The van der Waals surface area contributed by atoms with Crippen LogP contribution in [0.2, 0.25) is 0 Å². The highest BCUT2D eigenvalue weighted by Crippen LogP contribution is 2.14. The maximum atomic E-state index is 11.7. The Morgan fingerprint density at radius 2 is 2.20 bits per heavy atom. The summed E-state index contributed by atoms with van der Waals surface area (Å²) in [5, 5.41) is 3.29. The average molecular weight is 214 g/mol. The molecule has 0 spiro atoms. The number of carbonyl (C=O) groups excluding carboxylic acids is 1. The van der Waals surface area contributed by atoms with Crippen LogP contribution in [0.25, 0.3) is 0 Å². The normalized spacial score (nSPS) is 22.7. The first kappa shape index (κ1) is 12.3. The molecule has 0 bridgehead atoms. The van der Waals surface area contributed by atoms with Gasteiger partial charge in [0.2, 0.25) is 0 Å². The molecule has 1 amide bonds. The molecule has 0 aromatic carbocycles. The molecule has 1 aliphatic heterocycles. The molecule has 4 nitrogen and oxygen atoms in total. The number of nitrogens with zero attached hydrogens (tertiary/aromatic N) is 1. The summed E-state index contributed by atoms with van der Waals surface area (Å²) in [4.78, 5) is 13.4. The highest BCUT2D eigenvalue weighted by atomic mass is 16.6. The van der Waals surface area contributed by atoms with Gasteiger partial charge in [0.1, 0.15) is 0 Å². The van der Waals surface area contributed by atoms with E-state index in [1.807, 2.05) is 0 Å². The van der Waals surface area contributed by atoms with Gasteiger partial charge in [-0.25, -0.2) is 4.79 Å². The molecule has 1 saturated heterocycles. The lowest BCUT2D eigenvalue weighted by molar-refractivity contribution is 0.0649. The van der Waals surface area contributed by atoms with Crippen LogP contribution < -0.4 is 5.32 Å². The molecule has 1 unspecified atom stereocenters. The molecule has 1 rings (SSSR count). The predicted octanol–water partition coefficient (Wildman–Crippen LogP) is 1.46. The van der Waals surface area contributed by atoms with Gasteiger partial charge >= 0.3 is 6.09 Å². The third-order valence-electron chi connectivity index (χ3n) is 2.26. The van der Waals surface area contributed by atoms with Gasteiger partial charge in [-0.3, -0.25) is 0 Å². The van der Waals surface area contributed by atoms with Crippen molar-refractivity contribution in [3.8, 4) is 0 Å². The van der Waals surface area contributed by atoms with Gasteiger partial charge in [-0.05, 0) is 12.3 Å². The Bertz CT molecular complexity index is 223. The van der Waals surface area contributed by atoms with Gasteiger partial charge in [0.25, 0.3) is 0 Å². The van der Waals surface area contributed by atoms with Crippen molar-refractivity contribution in [3.63, 3.8) is 0 Å². The molecule has 15 heavy (non-hydrogen) atoms. The molecular weight excluding hydrogens is 192 g/mol. The summed E-state index contributed by atoms with van der Waals surface area (Å²) in [6, 6.07) is 0.362. The SMILES string of the molecule is CC1CN(C(=O)OCC(C)(C)C)CCN1. The van der Waals surface area contributed by atoms with E-state index < -0.39 is 0 Å². The number of ether oxygens (including phenoxy) is 1. The van der Waals surface area contributed by atoms with Crippen LogP contribution in [0.5, 0.6) is 0 Å². The lowest BCUT2D eigenvalue weighted by Crippen LogP contribution is -2.51. The number of carbonyl (C=O) groups is 1. The first-order chi connectivity index (χ1) is 6.88. The molecule has 4 heteroatoms. The zero-order chi connectivity index (χ0) is 11.5. The van der Waals surface area contributed by atoms with Gasteiger partial charge in [-0.2, -0.15) is 0 Å². The molecule has 0 aromatic heterocycles. The summed E-state index contributed by atoms with van der Waals surface area (Å²) in [5.41, 5.74) is 0.0370. The molecule has 88 valence electrons. The summed E-state index contributed by atoms with van der Waals surface area (Å²) in [5.74, 6) is 0. The van der Waals surface area contributed by atoms with Crippen molar-refractivity contribution in [2.45, 2.75) is 33.7 Å². The van der Waals surface area contributed by atoms with Gasteiger partial charge < -0.3 is 15.0 Å². The van der Waals surface area contributed by atoms with Crippen molar-refractivity contribution in [1.29, 1.82) is 0 Å². The second-order valence-corrected chi connectivity index (χ2v) is 5.42. The van der Waals surface area contributed by atoms with E-state index in [-0.39, 0.29) is 11.5 Å². The second-order valence-electron chi connectivity index (χ2n) is 5.42. The molecule has 0 saturated carbocycles. The zero-order valence-electron chi connectivity index (χ0n) is 10.2. The molecule has 1 N–H and O–H groups in total. The van der Waals surface area contributed by atoms with E-state index in [0.29, 0.717) is 12.6 Å². The van der Waals surface area contributed by atoms with E-state index in [2.05, 4.69) is 33.0 Å². The minimum Gasteiger partial charge on any atom is -0.449 e. The maximum absolute atomic E-state index is 11.7. The third kappa shape index (κ3) is 4.51. The quantitative estimate of drug-likeness (QED) is 0.718. The van der Waals surface area contributed by atoms with Crippen LogP contribution in [0.3, 0.4) is 0 Å². The number of piperazine rings is 1. The van der Waals surface area contributed by atoms with Gasteiger partial charge in [-0.1, -0.05) is 20.8 Å². The van der Waals surface area contributed by atoms with Gasteiger partial charge in [-0.15, -0.1) is 0 Å². The number of rotatable bonds is 1. The van der Waals surface area contributed by atoms with Gasteiger partial charge in [0, 0.05) is 25.7 Å². The summed E-state index contributed by atoms with van der Waals surface area (Å²) in [7, 11) is 0. The highest BCUT2D eigenvalue weighted by molar-refractivity contribution is 5.67. The summed E-state index contributed by atoms with van der Waals surface area (Å²) >= 11 is 0. The number of hydrogen-bond donors (Lipinski definition) is 1. The van der Waals surface area contributed by atoms with Gasteiger partial charge in [0.15, 0.2) is 0 Å².